The Hall–Kier alpha value is -3.10. The van der Waals surface area contributed by atoms with Crippen molar-refractivity contribution in [2.75, 3.05) is 5.32 Å². The number of para-hydroxylation sites is 1. The molecule has 1 amide bonds. The number of aromatic nitrogens is 2. The molecule has 0 fully saturated rings. The number of ether oxygens (including phenoxy) is 1. The third-order valence-corrected chi connectivity index (χ3v) is 2.70. The number of carbonyl (C=O) groups excluding carboxylic acids is 1. The highest BCUT2D eigenvalue weighted by atomic mass is 19.1. The first-order chi connectivity index (χ1) is 11.0. The molecule has 0 saturated heterocycles. The quantitative estimate of drug-likeness (QED) is 0.872. The lowest BCUT2D eigenvalue weighted by Gasteiger charge is -2.14. The van der Waals surface area contributed by atoms with Crippen molar-refractivity contribution in [1.82, 2.24) is 9.97 Å². The van der Waals surface area contributed by atoms with Gasteiger partial charge in [-0.3, -0.25) is 5.32 Å². The molecule has 0 saturated carbocycles. The Morgan fingerprint density at radius 2 is 1.78 bits per heavy atom. The highest BCUT2D eigenvalue weighted by molar-refractivity contribution is 5.87. The van der Waals surface area contributed by atoms with E-state index in [1.54, 1.807) is 0 Å². The Bertz CT molecular complexity index is 692. The molecule has 23 heavy (non-hydrogen) atoms. The molecule has 0 bridgehead atoms. The van der Waals surface area contributed by atoms with Crippen LogP contribution >= 0.6 is 0 Å². The standard InChI is InChI=1S/C14H11F2N3O4/c15-8-3-1-4-9(16)12(8)19-14(22)23-10(13(20)21)7-11-17-5-2-6-18-11/h1-6,10H,7H2,(H,19,22)(H,20,21). The first-order valence-electron chi connectivity index (χ1n) is 6.37. The van der Waals surface area contributed by atoms with Crippen molar-refractivity contribution >= 4 is 17.7 Å². The first-order valence-corrected chi connectivity index (χ1v) is 6.37. The van der Waals surface area contributed by atoms with Crippen LogP contribution < -0.4 is 5.32 Å². The number of anilines is 1. The molecule has 0 radical (unpaired) electrons. The van der Waals surface area contributed by atoms with Gasteiger partial charge in [-0.05, 0) is 18.2 Å². The van der Waals surface area contributed by atoms with E-state index in [1.165, 1.54) is 18.5 Å². The number of carboxylic acids is 1. The van der Waals surface area contributed by atoms with Crippen LogP contribution in [-0.2, 0) is 16.0 Å². The van der Waals surface area contributed by atoms with Crippen LogP contribution in [0.1, 0.15) is 5.82 Å². The third kappa shape index (κ3) is 4.43. The molecule has 0 aliphatic heterocycles. The van der Waals surface area contributed by atoms with Gasteiger partial charge in [-0.15, -0.1) is 0 Å². The van der Waals surface area contributed by atoms with Crippen molar-refractivity contribution < 1.29 is 28.2 Å². The van der Waals surface area contributed by atoms with Gasteiger partial charge in [0.15, 0.2) is 0 Å². The number of benzene rings is 1. The van der Waals surface area contributed by atoms with Crippen LogP contribution in [0.25, 0.3) is 0 Å². The molecule has 2 aromatic rings. The van der Waals surface area contributed by atoms with Gasteiger partial charge in [-0.2, -0.15) is 0 Å². The Morgan fingerprint density at radius 3 is 2.35 bits per heavy atom. The third-order valence-electron chi connectivity index (χ3n) is 2.70. The van der Waals surface area contributed by atoms with Gasteiger partial charge in [0.05, 0.1) is 6.42 Å². The predicted octanol–water partition coefficient (Wildman–Crippen LogP) is 2.00. The molecule has 1 heterocycles. The highest BCUT2D eigenvalue weighted by Crippen LogP contribution is 2.18. The Balaban J connectivity index is 2.05. The SMILES string of the molecule is O=C(Nc1c(F)cccc1F)OC(Cc1ncccn1)C(=O)O. The molecule has 2 N–H and O–H groups in total. The second kappa shape index (κ2) is 7.25. The van der Waals surface area contributed by atoms with Crippen LogP contribution in [0.4, 0.5) is 19.3 Å². The van der Waals surface area contributed by atoms with Crippen molar-refractivity contribution in [2.45, 2.75) is 12.5 Å². The summed E-state index contributed by atoms with van der Waals surface area (Å²) >= 11 is 0. The molecule has 1 aromatic heterocycles. The van der Waals surface area contributed by atoms with Gasteiger partial charge >= 0.3 is 12.1 Å². The van der Waals surface area contributed by atoms with Gasteiger partial charge < -0.3 is 9.84 Å². The summed E-state index contributed by atoms with van der Waals surface area (Å²) in [5.41, 5.74) is -0.724. The molecule has 1 atom stereocenters. The fourth-order valence-electron chi connectivity index (χ4n) is 1.66. The fourth-order valence-corrected chi connectivity index (χ4v) is 1.66. The lowest BCUT2D eigenvalue weighted by atomic mass is 10.2. The van der Waals surface area contributed by atoms with Crippen molar-refractivity contribution in [2.24, 2.45) is 0 Å². The number of aliphatic carboxylic acids is 1. The van der Waals surface area contributed by atoms with Crippen molar-refractivity contribution in [3.8, 4) is 0 Å². The maximum absolute atomic E-state index is 13.4. The monoisotopic (exact) mass is 323 g/mol. The summed E-state index contributed by atoms with van der Waals surface area (Å²) in [4.78, 5) is 30.4. The number of halogens is 2. The summed E-state index contributed by atoms with van der Waals surface area (Å²) in [7, 11) is 0. The average Bonchev–Trinajstić information content (AvgIpc) is 2.51. The number of carboxylic acid groups (broad SMARTS) is 1. The van der Waals surface area contributed by atoms with E-state index in [9.17, 15) is 18.4 Å². The summed E-state index contributed by atoms with van der Waals surface area (Å²) < 4.78 is 31.5. The second-order valence-corrected chi connectivity index (χ2v) is 4.32. The first kappa shape index (κ1) is 16.3. The second-order valence-electron chi connectivity index (χ2n) is 4.32. The van der Waals surface area contributed by atoms with Crippen LogP contribution in [0.2, 0.25) is 0 Å². The molecule has 7 nitrogen and oxygen atoms in total. The maximum atomic E-state index is 13.4. The van der Waals surface area contributed by atoms with Crippen molar-refractivity contribution in [3.63, 3.8) is 0 Å². The van der Waals surface area contributed by atoms with E-state index < -0.39 is 35.5 Å². The van der Waals surface area contributed by atoms with E-state index in [0.717, 1.165) is 18.2 Å². The number of carbonyl (C=O) groups is 2. The van der Waals surface area contributed by atoms with E-state index in [1.807, 2.05) is 5.32 Å². The van der Waals surface area contributed by atoms with Gasteiger partial charge in [0, 0.05) is 12.4 Å². The zero-order chi connectivity index (χ0) is 16.8. The molecule has 0 aliphatic rings. The lowest BCUT2D eigenvalue weighted by Crippen LogP contribution is -2.32. The minimum absolute atomic E-state index is 0.143. The average molecular weight is 323 g/mol. The Morgan fingerprint density at radius 1 is 1.17 bits per heavy atom. The zero-order valence-corrected chi connectivity index (χ0v) is 11.6. The lowest BCUT2D eigenvalue weighted by molar-refractivity contribution is -0.146. The van der Waals surface area contributed by atoms with E-state index in [0.29, 0.717) is 0 Å². The Kier molecular flexibility index (Phi) is 5.13. The molecule has 0 spiro atoms. The highest BCUT2D eigenvalue weighted by Gasteiger charge is 2.25. The van der Waals surface area contributed by atoms with Crippen LogP contribution in [0, 0.1) is 11.6 Å². The fraction of sp³-hybridized carbons (Fsp3) is 0.143. The topological polar surface area (TPSA) is 101 Å². The van der Waals surface area contributed by atoms with E-state index >= 15 is 0 Å². The Labute approximate surface area is 128 Å². The molecular weight excluding hydrogens is 312 g/mol. The van der Waals surface area contributed by atoms with E-state index in [-0.39, 0.29) is 12.2 Å². The number of nitrogens with zero attached hydrogens (tertiary/aromatic N) is 2. The minimum Gasteiger partial charge on any atom is -0.478 e. The van der Waals surface area contributed by atoms with Crippen LogP contribution in [-0.4, -0.2) is 33.2 Å². The van der Waals surface area contributed by atoms with Gasteiger partial charge in [0.2, 0.25) is 6.10 Å². The number of hydrogen-bond acceptors (Lipinski definition) is 5. The van der Waals surface area contributed by atoms with Crippen molar-refractivity contribution in [3.05, 3.63) is 54.1 Å². The molecule has 9 heteroatoms. The molecule has 0 aliphatic carbocycles. The molecule has 2 rings (SSSR count). The molecule has 1 unspecified atom stereocenters. The van der Waals surface area contributed by atoms with Gasteiger partial charge in [0.1, 0.15) is 23.1 Å². The smallest absolute Gasteiger partial charge is 0.412 e. The summed E-state index contributed by atoms with van der Waals surface area (Å²) in [5, 5.41) is 10.9. The van der Waals surface area contributed by atoms with E-state index in [2.05, 4.69) is 14.7 Å². The normalized spacial score (nSPS) is 11.6. The number of rotatable bonds is 5. The summed E-state index contributed by atoms with van der Waals surface area (Å²) in [6.07, 6.45) is -0.403. The van der Waals surface area contributed by atoms with Gasteiger partial charge in [0.25, 0.3) is 0 Å². The largest absolute Gasteiger partial charge is 0.478 e. The molecule has 1 aromatic carbocycles. The molecular formula is C14H11F2N3O4. The number of nitrogens with one attached hydrogen (secondary N) is 1. The minimum atomic E-state index is -1.60. The van der Waals surface area contributed by atoms with Crippen LogP contribution in [0.5, 0.6) is 0 Å². The van der Waals surface area contributed by atoms with E-state index in [4.69, 9.17) is 5.11 Å². The summed E-state index contributed by atoms with van der Waals surface area (Å²) in [6, 6.07) is 4.53. The number of hydrogen-bond donors (Lipinski definition) is 2. The van der Waals surface area contributed by atoms with Gasteiger partial charge in [-0.1, -0.05) is 6.07 Å². The summed E-state index contributed by atoms with van der Waals surface area (Å²) in [6.45, 7) is 0. The van der Waals surface area contributed by atoms with Crippen LogP contribution in [0.15, 0.2) is 36.7 Å². The molecule has 120 valence electrons. The van der Waals surface area contributed by atoms with Gasteiger partial charge in [-0.25, -0.2) is 28.3 Å². The predicted molar refractivity (Wildman–Crippen MR) is 73.6 cm³/mol. The van der Waals surface area contributed by atoms with Crippen LogP contribution in [0.3, 0.4) is 0 Å². The number of amides is 1. The summed E-state index contributed by atoms with van der Waals surface area (Å²) in [5.74, 6) is -3.33. The zero-order valence-electron chi connectivity index (χ0n) is 11.6. The maximum Gasteiger partial charge on any atom is 0.412 e. The van der Waals surface area contributed by atoms with Crippen molar-refractivity contribution in [1.29, 1.82) is 0 Å².